The van der Waals surface area contributed by atoms with Crippen LogP contribution < -0.4 is 0 Å². The predicted molar refractivity (Wildman–Crippen MR) is 239 cm³/mol. The quantitative estimate of drug-likeness (QED) is 0.130. The van der Waals surface area contributed by atoms with Crippen LogP contribution in [0.4, 0.5) is 0 Å². The van der Waals surface area contributed by atoms with E-state index in [0.29, 0.717) is 5.82 Å². The van der Waals surface area contributed by atoms with Crippen molar-refractivity contribution >= 4 is 32.3 Å². The van der Waals surface area contributed by atoms with E-state index in [1.807, 2.05) is 6.07 Å². The standard InChI is InChI=1S/C55H38N2/c1-55(2)48-25-13-12-23-46(48)53-41(24-14-26-49(53)55)36-27-29-37(30-28-36)50-34-51(57-54(56-50)38-16-4-3-5-17-38)43-21-10-11-22-44(43)52-42-20-9-7-18-39(42)33-47-40-19-8-6-15-35(40)31-32-45(47)52/h3-34H,1-2H3. The average Bonchev–Trinajstić information content (AvgIpc) is 3.51. The molecular formula is C55H38N2. The van der Waals surface area contributed by atoms with Crippen LogP contribution in [-0.2, 0) is 5.41 Å². The summed E-state index contributed by atoms with van der Waals surface area (Å²) >= 11 is 0. The Bertz CT molecular complexity index is 3190. The minimum Gasteiger partial charge on any atom is -0.228 e. The highest BCUT2D eigenvalue weighted by Crippen LogP contribution is 2.52. The van der Waals surface area contributed by atoms with Gasteiger partial charge in [-0.15, -0.1) is 0 Å². The molecule has 0 bridgehead atoms. The van der Waals surface area contributed by atoms with Gasteiger partial charge >= 0.3 is 0 Å². The largest absolute Gasteiger partial charge is 0.228 e. The Balaban J connectivity index is 1.09. The summed E-state index contributed by atoms with van der Waals surface area (Å²) in [6.07, 6.45) is 0. The first-order valence-electron chi connectivity index (χ1n) is 19.7. The molecule has 57 heavy (non-hydrogen) atoms. The van der Waals surface area contributed by atoms with Gasteiger partial charge in [-0.25, -0.2) is 9.97 Å². The molecule has 1 aromatic heterocycles. The lowest BCUT2D eigenvalue weighted by Gasteiger charge is -2.21. The maximum atomic E-state index is 5.32. The third kappa shape index (κ3) is 5.33. The molecule has 0 unspecified atom stereocenters. The maximum Gasteiger partial charge on any atom is 0.160 e. The van der Waals surface area contributed by atoms with E-state index in [4.69, 9.17) is 9.97 Å². The fraction of sp³-hybridized carbons (Fsp3) is 0.0545. The zero-order valence-electron chi connectivity index (χ0n) is 31.9. The molecule has 2 nitrogen and oxygen atoms in total. The molecule has 0 N–H and O–H groups in total. The lowest BCUT2D eigenvalue weighted by atomic mass is 9.82. The molecule has 1 heterocycles. The highest BCUT2D eigenvalue weighted by molar-refractivity contribution is 6.21. The van der Waals surface area contributed by atoms with E-state index in [1.165, 1.54) is 71.3 Å². The van der Waals surface area contributed by atoms with Crippen molar-refractivity contribution in [3.05, 3.63) is 205 Å². The number of rotatable bonds is 5. The molecule has 1 aliphatic carbocycles. The summed E-state index contributed by atoms with van der Waals surface area (Å²) in [4.78, 5) is 10.6. The van der Waals surface area contributed by atoms with E-state index in [1.54, 1.807) is 0 Å². The van der Waals surface area contributed by atoms with Crippen molar-refractivity contribution in [2.45, 2.75) is 19.3 Å². The molecule has 0 aliphatic heterocycles. The van der Waals surface area contributed by atoms with E-state index >= 15 is 0 Å². The van der Waals surface area contributed by atoms with Crippen LogP contribution in [0.3, 0.4) is 0 Å². The monoisotopic (exact) mass is 726 g/mol. The van der Waals surface area contributed by atoms with Crippen molar-refractivity contribution in [1.82, 2.24) is 9.97 Å². The third-order valence-corrected chi connectivity index (χ3v) is 12.1. The molecule has 0 fully saturated rings. The molecule has 2 heteroatoms. The first-order chi connectivity index (χ1) is 28.0. The molecule has 11 rings (SSSR count). The molecule has 0 atom stereocenters. The molecule has 268 valence electrons. The van der Waals surface area contributed by atoms with Crippen LogP contribution >= 0.6 is 0 Å². The smallest absolute Gasteiger partial charge is 0.160 e. The van der Waals surface area contributed by atoms with Gasteiger partial charge in [-0.05, 0) is 89.0 Å². The van der Waals surface area contributed by atoms with Crippen LogP contribution in [0.15, 0.2) is 194 Å². The van der Waals surface area contributed by atoms with Gasteiger partial charge in [0.05, 0.1) is 11.4 Å². The fourth-order valence-corrected chi connectivity index (χ4v) is 9.30. The summed E-state index contributed by atoms with van der Waals surface area (Å²) in [6, 6.07) is 70.1. The Hall–Kier alpha value is -7.16. The van der Waals surface area contributed by atoms with Gasteiger partial charge in [0.25, 0.3) is 0 Å². The van der Waals surface area contributed by atoms with Crippen LogP contribution in [0, 0.1) is 0 Å². The van der Waals surface area contributed by atoms with Gasteiger partial charge in [0, 0.05) is 22.1 Å². The molecule has 0 spiro atoms. The second-order valence-electron chi connectivity index (χ2n) is 15.7. The second-order valence-corrected chi connectivity index (χ2v) is 15.7. The van der Waals surface area contributed by atoms with Crippen LogP contribution in [-0.4, -0.2) is 9.97 Å². The number of benzene rings is 9. The highest BCUT2D eigenvalue weighted by Gasteiger charge is 2.36. The van der Waals surface area contributed by atoms with E-state index in [9.17, 15) is 0 Å². The molecule has 1 aliphatic rings. The Kier molecular flexibility index (Phi) is 7.55. The topological polar surface area (TPSA) is 25.8 Å². The van der Waals surface area contributed by atoms with Crippen molar-refractivity contribution in [3.8, 4) is 67.3 Å². The SMILES string of the molecule is CC1(C)c2ccccc2-c2c(-c3ccc(-c4cc(-c5ccccc5-c5c6ccccc6cc6c5ccc5ccccc56)nc(-c5ccccc5)n4)cc3)cccc21. The van der Waals surface area contributed by atoms with E-state index < -0.39 is 0 Å². The number of nitrogens with zero attached hydrogens (tertiary/aromatic N) is 2. The molecule has 0 radical (unpaired) electrons. The first-order valence-corrected chi connectivity index (χ1v) is 19.7. The summed E-state index contributed by atoms with van der Waals surface area (Å²) in [5.74, 6) is 0.704. The van der Waals surface area contributed by atoms with Gasteiger partial charge < -0.3 is 0 Å². The molecule has 9 aromatic carbocycles. The Morgan fingerprint density at radius 1 is 0.333 bits per heavy atom. The summed E-state index contributed by atoms with van der Waals surface area (Å²) in [5, 5.41) is 7.42. The van der Waals surface area contributed by atoms with Crippen molar-refractivity contribution in [2.75, 3.05) is 0 Å². The molecule has 10 aromatic rings. The Morgan fingerprint density at radius 2 is 0.947 bits per heavy atom. The van der Waals surface area contributed by atoms with Crippen molar-refractivity contribution < 1.29 is 0 Å². The lowest BCUT2D eigenvalue weighted by Crippen LogP contribution is -2.14. The maximum absolute atomic E-state index is 5.32. The molecule has 0 saturated carbocycles. The number of hydrogen-bond acceptors (Lipinski definition) is 2. The summed E-state index contributed by atoms with van der Waals surface area (Å²) in [7, 11) is 0. The Labute approximate surface area is 332 Å². The van der Waals surface area contributed by atoms with E-state index in [0.717, 1.165) is 33.6 Å². The van der Waals surface area contributed by atoms with Gasteiger partial charge in [0.15, 0.2) is 5.82 Å². The van der Waals surface area contributed by atoms with Gasteiger partial charge in [-0.3, -0.25) is 0 Å². The molecular weight excluding hydrogens is 689 g/mol. The molecule has 0 amide bonds. The minimum atomic E-state index is -0.0462. The summed E-state index contributed by atoms with van der Waals surface area (Å²) < 4.78 is 0. The van der Waals surface area contributed by atoms with E-state index in [-0.39, 0.29) is 5.41 Å². The Morgan fingerprint density at radius 3 is 1.77 bits per heavy atom. The minimum absolute atomic E-state index is 0.0462. The van der Waals surface area contributed by atoms with Crippen molar-refractivity contribution in [1.29, 1.82) is 0 Å². The van der Waals surface area contributed by atoms with E-state index in [2.05, 4.69) is 202 Å². The zero-order valence-corrected chi connectivity index (χ0v) is 31.9. The van der Waals surface area contributed by atoms with Crippen molar-refractivity contribution in [3.63, 3.8) is 0 Å². The van der Waals surface area contributed by atoms with Crippen LogP contribution in [0.1, 0.15) is 25.0 Å². The average molecular weight is 727 g/mol. The van der Waals surface area contributed by atoms with Gasteiger partial charge in [-0.2, -0.15) is 0 Å². The zero-order chi connectivity index (χ0) is 38.1. The second kappa shape index (κ2) is 13.0. The number of hydrogen-bond donors (Lipinski definition) is 0. The lowest BCUT2D eigenvalue weighted by molar-refractivity contribution is 0.660. The van der Waals surface area contributed by atoms with Crippen LogP contribution in [0.25, 0.3) is 99.6 Å². The summed E-state index contributed by atoms with van der Waals surface area (Å²) in [5.41, 5.74) is 15.1. The van der Waals surface area contributed by atoms with Gasteiger partial charge in [0.2, 0.25) is 0 Å². The van der Waals surface area contributed by atoms with Gasteiger partial charge in [-0.1, -0.05) is 196 Å². The summed E-state index contributed by atoms with van der Waals surface area (Å²) in [6.45, 7) is 4.68. The fourth-order valence-electron chi connectivity index (χ4n) is 9.30. The first kappa shape index (κ1) is 33.2. The highest BCUT2D eigenvalue weighted by atomic mass is 14.9. The predicted octanol–water partition coefficient (Wildman–Crippen LogP) is 14.6. The van der Waals surface area contributed by atoms with Crippen LogP contribution in [0.5, 0.6) is 0 Å². The normalized spacial score (nSPS) is 12.9. The third-order valence-electron chi connectivity index (χ3n) is 12.1. The molecule has 0 saturated heterocycles. The van der Waals surface area contributed by atoms with Crippen molar-refractivity contribution in [2.24, 2.45) is 0 Å². The van der Waals surface area contributed by atoms with Crippen LogP contribution in [0.2, 0.25) is 0 Å². The number of aromatic nitrogens is 2. The van der Waals surface area contributed by atoms with Gasteiger partial charge in [0.1, 0.15) is 0 Å². The number of fused-ring (bicyclic) bond motifs is 7.